The predicted molar refractivity (Wildman–Crippen MR) is 77.7 cm³/mol. The highest BCUT2D eigenvalue weighted by molar-refractivity contribution is 6.28. The Kier molecular flexibility index (Phi) is 5.15. The lowest BCUT2D eigenvalue weighted by Crippen LogP contribution is -2.30. The van der Waals surface area contributed by atoms with Crippen molar-refractivity contribution < 1.29 is 0 Å². The number of piperidine rings is 1. The minimum atomic E-state index is 0.209. The van der Waals surface area contributed by atoms with Crippen LogP contribution >= 0.6 is 11.6 Å². The maximum Gasteiger partial charge on any atom is 0.228 e. The van der Waals surface area contributed by atoms with Crippen LogP contribution in [0.3, 0.4) is 0 Å². The normalized spacial score (nSPS) is 17.4. The first-order chi connectivity index (χ1) is 9.17. The molecule has 1 saturated heterocycles. The number of anilines is 2. The maximum atomic E-state index is 5.82. The van der Waals surface area contributed by atoms with Gasteiger partial charge in [0.05, 0.1) is 0 Å². The van der Waals surface area contributed by atoms with Crippen LogP contribution in [0.25, 0.3) is 0 Å². The first-order valence-electron chi connectivity index (χ1n) is 6.69. The summed E-state index contributed by atoms with van der Waals surface area (Å²) >= 11 is 5.82. The second-order valence-electron chi connectivity index (χ2n) is 4.96. The topological polar surface area (TPSA) is 66.0 Å². The van der Waals surface area contributed by atoms with Crippen LogP contribution in [-0.4, -0.2) is 53.6 Å². The van der Waals surface area contributed by atoms with Crippen LogP contribution in [0.4, 0.5) is 11.9 Å². The van der Waals surface area contributed by atoms with Gasteiger partial charge in [0.25, 0.3) is 0 Å². The van der Waals surface area contributed by atoms with E-state index in [9.17, 15) is 0 Å². The minimum absolute atomic E-state index is 0.209. The monoisotopic (exact) mass is 284 g/mol. The van der Waals surface area contributed by atoms with E-state index in [1.807, 2.05) is 0 Å². The molecule has 2 heterocycles. The summed E-state index contributed by atoms with van der Waals surface area (Å²) in [6, 6.07) is 0. The summed E-state index contributed by atoms with van der Waals surface area (Å²) in [4.78, 5) is 14.6. The zero-order valence-electron chi connectivity index (χ0n) is 11.5. The van der Waals surface area contributed by atoms with Crippen molar-refractivity contribution in [3.63, 3.8) is 0 Å². The second-order valence-corrected chi connectivity index (χ2v) is 5.30. The average molecular weight is 285 g/mol. The molecule has 0 unspecified atom stereocenters. The third kappa shape index (κ3) is 4.47. The highest BCUT2D eigenvalue weighted by Crippen LogP contribution is 2.19. The summed E-state index contributed by atoms with van der Waals surface area (Å²) in [5.74, 6) is 1.82. The van der Waals surface area contributed by atoms with Crippen molar-refractivity contribution in [3.8, 4) is 0 Å². The summed E-state index contributed by atoms with van der Waals surface area (Å²) in [5.41, 5.74) is 0. The first-order valence-corrected chi connectivity index (χ1v) is 7.07. The van der Waals surface area contributed by atoms with Gasteiger partial charge in [-0.1, -0.05) is 0 Å². The molecule has 1 aromatic rings. The smallest absolute Gasteiger partial charge is 0.228 e. The van der Waals surface area contributed by atoms with Gasteiger partial charge in [0.2, 0.25) is 17.2 Å². The van der Waals surface area contributed by atoms with Crippen LogP contribution in [0.5, 0.6) is 0 Å². The van der Waals surface area contributed by atoms with Crippen molar-refractivity contribution >= 4 is 23.5 Å². The number of nitrogens with one attached hydrogen (secondary N) is 2. The van der Waals surface area contributed by atoms with Gasteiger partial charge in [-0.05, 0) is 56.9 Å². The van der Waals surface area contributed by atoms with E-state index in [0.29, 0.717) is 11.9 Å². The van der Waals surface area contributed by atoms with Crippen molar-refractivity contribution in [2.45, 2.75) is 19.3 Å². The van der Waals surface area contributed by atoms with Crippen molar-refractivity contribution in [1.82, 2.24) is 19.9 Å². The molecular weight excluding hydrogens is 264 g/mol. The lowest BCUT2D eigenvalue weighted by Gasteiger charge is -2.28. The molecular formula is C12H21ClN6. The highest BCUT2D eigenvalue weighted by atomic mass is 35.5. The molecule has 0 spiro atoms. The number of hydrogen-bond acceptors (Lipinski definition) is 6. The molecule has 0 atom stereocenters. The molecule has 1 aromatic heterocycles. The molecule has 6 nitrogen and oxygen atoms in total. The van der Waals surface area contributed by atoms with Gasteiger partial charge in [0, 0.05) is 13.6 Å². The lowest BCUT2D eigenvalue weighted by molar-refractivity contribution is 0.215. The van der Waals surface area contributed by atoms with Crippen LogP contribution in [0.15, 0.2) is 0 Å². The number of aromatic nitrogens is 3. The van der Waals surface area contributed by atoms with E-state index in [1.165, 1.54) is 25.9 Å². The number of rotatable bonds is 5. The minimum Gasteiger partial charge on any atom is -0.357 e. The van der Waals surface area contributed by atoms with Crippen LogP contribution < -0.4 is 10.6 Å². The Morgan fingerprint density at radius 2 is 1.89 bits per heavy atom. The van der Waals surface area contributed by atoms with E-state index in [4.69, 9.17) is 11.6 Å². The van der Waals surface area contributed by atoms with Gasteiger partial charge in [-0.25, -0.2) is 0 Å². The molecule has 1 fully saturated rings. The quantitative estimate of drug-likeness (QED) is 0.858. The SMILES string of the molecule is CNc1nc(Cl)nc(NCCC2CCN(C)CC2)n1. The van der Waals surface area contributed by atoms with Crippen LogP contribution in [-0.2, 0) is 0 Å². The standard InChI is InChI=1S/C12H21ClN6/c1-14-11-16-10(13)17-12(18-11)15-6-3-9-4-7-19(2)8-5-9/h9H,3-8H2,1-2H3,(H2,14,15,16,17,18). The molecule has 1 aliphatic rings. The fourth-order valence-electron chi connectivity index (χ4n) is 2.28. The van der Waals surface area contributed by atoms with Crippen molar-refractivity contribution in [2.75, 3.05) is 44.4 Å². The van der Waals surface area contributed by atoms with Gasteiger partial charge in [0.15, 0.2) is 0 Å². The molecule has 0 radical (unpaired) electrons. The predicted octanol–water partition coefficient (Wildman–Crippen LogP) is 1.71. The Balaban J connectivity index is 1.77. The van der Waals surface area contributed by atoms with E-state index < -0.39 is 0 Å². The van der Waals surface area contributed by atoms with E-state index in [-0.39, 0.29) is 5.28 Å². The molecule has 7 heteroatoms. The number of hydrogen-bond donors (Lipinski definition) is 2. The summed E-state index contributed by atoms with van der Waals surface area (Å²) in [6.45, 7) is 3.27. The number of halogens is 1. The average Bonchev–Trinajstić information content (AvgIpc) is 2.40. The fourth-order valence-corrected chi connectivity index (χ4v) is 2.44. The zero-order chi connectivity index (χ0) is 13.7. The molecule has 1 aliphatic heterocycles. The molecule has 2 N–H and O–H groups in total. The highest BCUT2D eigenvalue weighted by Gasteiger charge is 2.16. The van der Waals surface area contributed by atoms with Gasteiger partial charge in [0.1, 0.15) is 0 Å². The third-order valence-corrected chi connectivity index (χ3v) is 3.67. The molecule has 0 aliphatic carbocycles. The Morgan fingerprint density at radius 3 is 2.58 bits per heavy atom. The van der Waals surface area contributed by atoms with Crippen molar-refractivity contribution in [1.29, 1.82) is 0 Å². The number of likely N-dealkylation sites (tertiary alicyclic amines) is 1. The molecule has 19 heavy (non-hydrogen) atoms. The summed E-state index contributed by atoms with van der Waals surface area (Å²) in [7, 11) is 3.94. The van der Waals surface area contributed by atoms with Gasteiger partial charge < -0.3 is 15.5 Å². The van der Waals surface area contributed by atoms with E-state index in [2.05, 4.69) is 37.5 Å². The third-order valence-electron chi connectivity index (χ3n) is 3.51. The van der Waals surface area contributed by atoms with Gasteiger partial charge >= 0.3 is 0 Å². The van der Waals surface area contributed by atoms with E-state index in [0.717, 1.165) is 18.9 Å². The number of nitrogens with zero attached hydrogens (tertiary/aromatic N) is 4. The summed E-state index contributed by atoms with van der Waals surface area (Å²) in [5, 5.41) is 6.29. The second kappa shape index (κ2) is 6.86. The molecule has 0 amide bonds. The largest absolute Gasteiger partial charge is 0.357 e. The van der Waals surface area contributed by atoms with Crippen LogP contribution in [0, 0.1) is 5.92 Å². The molecule has 106 valence electrons. The van der Waals surface area contributed by atoms with E-state index >= 15 is 0 Å². The van der Waals surface area contributed by atoms with Gasteiger partial charge in [-0.15, -0.1) is 0 Å². The van der Waals surface area contributed by atoms with Gasteiger partial charge in [-0.3, -0.25) is 0 Å². The molecule has 0 saturated carbocycles. The fraction of sp³-hybridized carbons (Fsp3) is 0.750. The summed E-state index contributed by atoms with van der Waals surface area (Å²) < 4.78 is 0. The zero-order valence-corrected chi connectivity index (χ0v) is 12.2. The molecule has 2 rings (SSSR count). The lowest BCUT2D eigenvalue weighted by atomic mass is 9.94. The van der Waals surface area contributed by atoms with Gasteiger partial charge in [-0.2, -0.15) is 15.0 Å². The maximum absolute atomic E-state index is 5.82. The Morgan fingerprint density at radius 1 is 1.21 bits per heavy atom. The van der Waals surface area contributed by atoms with Crippen molar-refractivity contribution in [2.24, 2.45) is 5.92 Å². The van der Waals surface area contributed by atoms with Crippen LogP contribution in [0.1, 0.15) is 19.3 Å². The summed E-state index contributed by atoms with van der Waals surface area (Å²) in [6.07, 6.45) is 3.70. The Bertz CT molecular complexity index is 405. The van der Waals surface area contributed by atoms with Crippen LogP contribution in [0.2, 0.25) is 5.28 Å². The Labute approximate surface area is 119 Å². The Hall–Kier alpha value is -1.14. The van der Waals surface area contributed by atoms with Crippen molar-refractivity contribution in [3.05, 3.63) is 5.28 Å². The first kappa shape index (κ1) is 14.3. The molecule has 0 aromatic carbocycles. The molecule has 0 bridgehead atoms. The van der Waals surface area contributed by atoms with E-state index in [1.54, 1.807) is 7.05 Å².